The van der Waals surface area contributed by atoms with Crippen molar-refractivity contribution in [1.82, 2.24) is 0 Å². The maximum Gasteiger partial charge on any atom is 0.426 e. The van der Waals surface area contributed by atoms with E-state index in [9.17, 15) is 23.1 Å². The number of methoxy groups -OCH3 is 1. The fourth-order valence-electron chi connectivity index (χ4n) is 2.99. The highest BCUT2D eigenvalue weighted by Gasteiger charge is 2.52. The quantitative estimate of drug-likeness (QED) is 0.838. The van der Waals surface area contributed by atoms with Gasteiger partial charge in [-0.15, -0.1) is 0 Å². The van der Waals surface area contributed by atoms with Crippen LogP contribution in [0, 0.1) is 5.92 Å². The molecule has 26 heavy (non-hydrogen) atoms. The van der Waals surface area contributed by atoms with E-state index < -0.39 is 24.2 Å². The van der Waals surface area contributed by atoms with Gasteiger partial charge in [-0.2, -0.15) is 13.2 Å². The number of hydrogen-bond acceptors (Lipinski definition) is 3. The molecule has 2 aromatic carbocycles. The Morgan fingerprint density at radius 3 is 2.46 bits per heavy atom. The van der Waals surface area contributed by atoms with Crippen LogP contribution in [0.3, 0.4) is 0 Å². The zero-order valence-electron chi connectivity index (χ0n) is 13.5. The molecule has 0 amide bonds. The van der Waals surface area contributed by atoms with Crippen molar-refractivity contribution in [2.24, 2.45) is 5.92 Å². The summed E-state index contributed by atoms with van der Waals surface area (Å²) < 4.78 is 50.2. The van der Waals surface area contributed by atoms with Crippen LogP contribution in [0.1, 0.15) is 5.56 Å². The van der Waals surface area contributed by atoms with Crippen LogP contribution in [-0.4, -0.2) is 30.5 Å². The van der Waals surface area contributed by atoms with Gasteiger partial charge in [0.2, 0.25) is 6.10 Å². The van der Waals surface area contributed by atoms with E-state index in [2.05, 4.69) is 0 Å². The van der Waals surface area contributed by atoms with Crippen LogP contribution < -0.4 is 9.47 Å². The lowest BCUT2D eigenvalue weighted by atomic mass is 9.88. The number of rotatable bonds is 3. The number of carboxylic acids is 1. The van der Waals surface area contributed by atoms with Crippen LogP contribution in [0.15, 0.2) is 36.4 Å². The van der Waals surface area contributed by atoms with Crippen molar-refractivity contribution in [2.75, 3.05) is 7.11 Å². The summed E-state index contributed by atoms with van der Waals surface area (Å²) >= 11 is 6.09. The molecule has 0 radical (unpaired) electrons. The third-order valence-corrected chi connectivity index (χ3v) is 4.44. The first-order chi connectivity index (χ1) is 12.2. The van der Waals surface area contributed by atoms with Crippen molar-refractivity contribution in [3.8, 4) is 22.6 Å². The normalized spacial score (nSPS) is 19.4. The van der Waals surface area contributed by atoms with E-state index in [0.29, 0.717) is 22.4 Å². The Balaban J connectivity index is 2.12. The number of ether oxygens (including phenoxy) is 2. The molecule has 0 saturated heterocycles. The summed E-state index contributed by atoms with van der Waals surface area (Å²) in [7, 11) is 1.50. The minimum absolute atomic E-state index is 0.000563. The molecule has 0 spiro atoms. The van der Waals surface area contributed by atoms with Crippen molar-refractivity contribution < 1.29 is 32.5 Å². The second-order valence-corrected chi connectivity index (χ2v) is 6.34. The van der Waals surface area contributed by atoms with Crippen LogP contribution in [0.5, 0.6) is 11.5 Å². The second-order valence-electron chi connectivity index (χ2n) is 5.90. The fraction of sp³-hybridized carbons (Fsp3) is 0.278. The molecule has 4 nitrogen and oxygen atoms in total. The number of aliphatic carboxylic acids is 1. The summed E-state index contributed by atoms with van der Waals surface area (Å²) in [6, 6.07) is 9.59. The van der Waals surface area contributed by atoms with E-state index in [1.165, 1.54) is 19.2 Å². The maximum atomic E-state index is 13.3. The molecule has 0 bridgehead atoms. The molecule has 2 atom stereocenters. The molecule has 1 heterocycles. The molecule has 0 saturated carbocycles. The summed E-state index contributed by atoms with van der Waals surface area (Å²) in [5, 5.41) is 9.47. The summed E-state index contributed by atoms with van der Waals surface area (Å²) in [5.41, 5.74) is 1.28. The van der Waals surface area contributed by atoms with Crippen molar-refractivity contribution in [2.45, 2.75) is 18.7 Å². The number of halogens is 4. The third kappa shape index (κ3) is 3.44. The molecule has 0 aliphatic carbocycles. The molecular formula is C18H14ClF3O4. The number of carboxylic acid groups (broad SMARTS) is 1. The Morgan fingerprint density at radius 1 is 1.27 bits per heavy atom. The zero-order valence-corrected chi connectivity index (χ0v) is 14.3. The monoisotopic (exact) mass is 386 g/mol. The minimum atomic E-state index is -4.81. The summed E-state index contributed by atoms with van der Waals surface area (Å²) in [4.78, 5) is 11.3. The van der Waals surface area contributed by atoms with E-state index in [-0.39, 0.29) is 17.2 Å². The van der Waals surface area contributed by atoms with Gasteiger partial charge < -0.3 is 14.6 Å². The lowest BCUT2D eigenvalue weighted by molar-refractivity contribution is -0.217. The van der Waals surface area contributed by atoms with Gasteiger partial charge in [-0.25, -0.2) is 0 Å². The maximum absolute atomic E-state index is 13.3. The van der Waals surface area contributed by atoms with Crippen LogP contribution in [-0.2, 0) is 11.2 Å². The Hall–Kier alpha value is -2.41. The van der Waals surface area contributed by atoms with Gasteiger partial charge in [0.05, 0.1) is 7.11 Å². The molecule has 1 aliphatic rings. The molecule has 1 N–H and O–H groups in total. The Morgan fingerprint density at radius 2 is 1.92 bits per heavy atom. The van der Waals surface area contributed by atoms with Gasteiger partial charge in [-0.05, 0) is 41.8 Å². The van der Waals surface area contributed by atoms with Gasteiger partial charge in [0, 0.05) is 10.6 Å². The highest BCUT2D eigenvalue weighted by atomic mass is 35.5. The summed E-state index contributed by atoms with van der Waals surface area (Å²) in [6.45, 7) is 0. The predicted molar refractivity (Wildman–Crippen MR) is 88.7 cm³/mol. The molecular weight excluding hydrogens is 373 g/mol. The molecule has 2 aromatic rings. The standard InChI is InChI=1S/C18H14ClF3O4/c1-25-12-4-2-9(3-5-12)13-8-11(19)6-10-7-14(17(23)24)16(18(20,21)22)26-15(10)13/h2-6,8,14,16H,7H2,1H3,(H,23,24). The molecule has 8 heteroatoms. The predicted octanol–water partition coefficient (Wildman–Crippen LogP) is 4.58. The number of hydrogen-bond donors (Lipinski definition) is 1. The second kappa shape index (κ2) is 6.72. The van der Waals surface area contributed by atoms with Gasteiger partial charge >= 0.3 is 12.1 Å². The Labute approximate surface area is 152 Å². The van der Waals surface area contributed by atoms with E-state index in [1.54, 1.807) is 24.3 Å². The van der Waals surface area contributed by atoms with Gasteiger partial charge in [0.25, 0.3) is 0 Å². The van der Waals surface area contributed by atoms with Crippen molar-refractivity contribution in [1.29, 1.82) is 0 Å². The lowest BCUT2D eigenvalue weighted by Gasteiger charge is -2.33. The van der Waals surface area contributed by atoms with Crippen LogP contribution in [0.2, 0.25) is 5.02 Å². The molecule has 3 rings (SSSR count). The van der Waals surface area contributed by atoms with Crippen LogP contribution in [0.4, 0.5) is 13.2 Å². The molecule has 138 valence electrons. The van der Waals surface area contributed by atoms with Gasteiger partial charge in [-0.1, -0.05) is 23.7 Å². The van der Waals surface area contributed by atoms with E-state index in [1.807, 2.05) is 0 Å². The Kier molecular flexibility index (Phi) is 4.75. The number of carbonyl (C=O) groups is 1. The van der Waals surface area contributed by atoms with Crippen molar-refractivity contribution in [3.63, 3.8) is 0 Å². The summed E-state index contributed by atoms with van der Waals surface area (Å²) in [5.74, 6) is -2.71. The molecule has 2 unspecified atom stereocenters. The highest BCUT2D eigenvalue weighted by molar-refractivity contribution is 6.31. The molecule has 0 aromatic heterocycles. The lowest BCUT2D eigenvalue weighted by Crippen LogP contribution is -2.47. The highest BCUT2D eigenvalue weighted by Crippen LogP contribution is 2.45. The van der Waals surface area contributed by atoms with Crippen LogP contribution in [0.25, 0.3) is 11.1 Å². The fourth-order valence-corrected chi connectivity index (χ4v) is 3.23. The number of benzene rings is 2. The first-order valence-corrected chi connectivity index (χ1v) is 8.01. The zero-order chi connectivity index (χ0) is 19.1. The average Bonchev–Trinajstić information content (AvgIpc) is 2.59. The third-order valence-electron chi connectivity index (χ3n) is 4.22. The minimum Gasteiger partial charge on any atom is -0.497 e. The van der Waals surface area contributed by atoms with Crippen LogP contribution >= 0.6 is 11.6 Å². The summed E-state index contributed by atoms with van der Waals surface area (Å²) in [6.07, 6.45) is -7.55. The smallest absolute Gasteiger partial charge is 0.426 e. The molecule has 1 aliphatic heterocycles. The van der Waals surface area contributed by atoms with E-state index in [4.69, 9.17) is 21.1 Å². The van der Waals surface area contributed by atoms with E-state index >= 15 is 0 Å². The van der Waals surface area contributed by atoms with E-state index in [0.717, 1.165) is 0 Å². The SMILES string of the molecule is COc1ccc(-c2cc(Cl)cc3c2OC(C(F)(F)F)C(C(=O)O)C3)cc1. The number of fused-ring (bicyclic) bond motifs is 1. The van der Waals surface area contributed by atoms with Gasteiger partial charge in [-0.3, -0.25) is 4.79 Å². The van der Waals surface area contributed by atoms with Crippen molar-refractivity contribution in [3.05, 3.63) is 47.0 Å². The largest absolute Gasteiger partial charge is 0.497 e. The first-order valence-electron chi connectivity index (χ1n) is 7.63. The van der Waals surface area contributed by atoms with Gasteiger partial charge in [0.15, 0.2) is 0 Å². The number of alkyl halides is 3. The van der Waals surface area contributed by atoms with Crippen molar-refractivity contribution >= 4 is 17.6 Å². The average molecular weight is 387 g/mol. The topological polar surface area (TPSA) is 55.8 Å². The Bertz CT molecular complexity index is 834. The molecule has 0 fully saturated rings. The first kappa shape index (κ1) is 18.4. The van der Waals surface area contributed by atoms with Gasteiger partial charge in [0.1, 0.15) is 17.4 Å².